The van der Waals surface area contributed by atoms with E-state index in [2.05, 4.69) is 30.7 Å². The minimum Gasteiger partial charge on any atom is -0.275 e. The molecule has 0 bridgehead atoms. The number of anilines is 1. The lowest BCUT2D eigenvalue weighted by Gasteiger charge is -2.09. The third-order valence-electron chi connectivity index (χ3n) is 3.86. The van der Waals surface area contributed by atoms with Crippen molar-refractivity contribution in [2.24, 2.45) is 19.2 Å². The second-order valence-corrected chi connectivity index (χ2v) is 6.05. The molecule has 0 aromatic carbocycles. The summed E-state index contributed by atoms with van der Waals surface area (Å²) in [6.45, 7) is 3.23. The first-order chi connectivity index (χ1) is 13.1. The van der Waals surface area contributed by atoms with Crippen molar-refractivity contribution >= 4 is 12.2 Å². The molecule has 0 aliphatic heterocycles. The second-order valence-electron chi connectivity index (χ2n) is 6.05. The van der Waals surface area contributed by atoms with Crippen molar-refractivity contribution in [1.82, 2.24) is 29.5 Å². The van der Waals surface area contributed by atoms with E-state index in [4.69, 9.17) is 0 Å². The summed E-state index contributed by atoms with van der Waals surface area (Å²) in [5, 5.41) is 11.7. The normalized spacial score (nSPS) is 12.1. The number of nitrogens with one attached hydrogen (secondary N) is 1. The first-order valence-corrected chi connectivity index (χ1v) is 8.01. The zero-order valence-electron chi connectivity index (χ0n) is 15.4. The third-order valence-corrected chi connectivity index (χ3v) is 3.86. The average molecular weight is 396 g/mol. The maximum atomic E-state index is 13.9. The van der Waals surface area contributed by atoms with Gasteiger partial charge in [0.2, 0.25) is 11.9 Å². The first kappa shape index (κ1) is 19.5. The quantitative estimate of drug-likeness (QED) is 0.416. The van der Waals surface area contributed by atoms with Crippen LogP contribution in [0.15, 0.2) is 17.4 Å². The lowest BCUT2D eigenvalue weighted by molar-refractivity contribution is -0.141. The van der Waals surface area contributed by atoms with Crippen molar-refractivity contribution in [1.29, 1.82) is 0 Å². The van der Waals surface area contributed by atoms with E-state index in [0.29, 0.717) is 17.0 Å². The molecule has 3 heterocycles. The van der Waals surface area contributed by atoms with Crippen LogP contribution in [0.1, 0.15) is 22.6 Å². The zero-order valence-corrected chi connectivity index (χ0v) is 15.4. The van der Waals surface area contributed by atoms with Gasteiger partial charge in [0.1, 0.15) is 0 Å². The van der Waals surface area contributed by atoms with E-state index in [-0.39, 0.29) is 17.2 Å². The second kappa shape index (κ2) is 7.02. The molecule has 0 radical (unpaired) electrons. The molecule has 0 saturated carbocycles. The van der Waals surface area contributed by atoms with Gasteiger partial charge in [0.05, 0.1) is 28.9 Å². The van der Waals surface area contributed by atoms with Gasteiger partial charge in [0.25, 0.3) is 0 Å². The summed E-state index contributed by atoms with van der Waals surface area (Å²) in [6, 6.07) is 0.837. The third kappa shape index (κ3) is 3.85. The number of halogens is 4. The zero-order chi connectivity index (χ0) is 20.6. The maximum Gasteiger partial charge on any atom is 0.433 e. The standard InChI is InChI=1S/C16H16F4N8/c1-8-10(14(17)28(4)26-8)6-21-24-15-22-12(5-13(23-15)16(18,19)20)11-7-27(3)25-9(11)2/h5-7H,1-4H3,(H,22,23,24)/b21-6+. The van der Waals surface area contributed by atoms with Gasteiger partial charge in [-0.15, -0.1) is 0 Å². The first-order valence-electron chi connectivity index (χ1n) is 8.01. The Kier molecular flexibility index (Phi) is 4.87. The van der Waals surface area contributed by atoms with Gasteiger partial charge in [-0.25, -0.2) is 20.1 Å². The topological polar surface area (TPSA) is 85.8 Å². The van der Waals surface area contributed by atoms with E-state index in [0.717, 1.165) is 17.0 Å². The molecule has 0 spiro atoms. The molecule has 3 aromatic heterocycles. The van der Waals surface area contributed by atoms with E-state index in [1.165, 1.54) is 11.7 Å². The van der Waals surface area contributed by atoms with Crippen molar-refractivity contribution in [2.75, 3.05) is 5.43 Å². The Morgan fingerprint density at radius 3 is 2.36 bits per heavy atom. The Bertz CT molecular complexity index is 1050. The van der Waals surface area contributed by atoms with Crippen molar-refractivity contribution in [2.45, 2.75) is 20.0 Å². The van der Waals surface area contributed by atoms with Crippen LogP contribution in [0.4, 0.5) is 23.5 Å². The Morgan fingerprint density at radius 1 is 1.11 bits per heavy atom. The summed E-state index contributed by atoms with van der Waals surface area (Å²) in [5.74, 6) is -1.01. The Balaban J connectivity index is 1.97. The monoisotopic (exact) mass is 396 g/mol. The highest BCUT2D eigenvalue weighted by atomic mass is 19.4. The van der Waals surface area contributed by atoms with Gasteiger partial charge >= 0.3 is 6.18 Å². The van der Waals surface area contributed by atoms with Crippen LogP contribution >= 0.6 is 0 Å². The molecule has 0 saturated heterocycles. The van der Waals surface area contributed by atoms with E-state index >= 15 is 0 Å². The van der Waals surface area contributed by atoms with E-state index in [1.807, 2.05) is 0 Å². The number of hydrogen-bond acceptors (Lipinski definition) is 6. The number of aromatic nitrogens is 6. The maximum absolute atomic E-state index is 13.9. The lowest BCUT2D eigenvalue weighted by Crippen LogP contribution is -2.11. The van der Waals surface area contributed by atoms with E-state index < -0.39 is 17.8 Å². The highest BCUT2D eigenvalue weighted by Crippen LogP contribution is 2.31. The molecule has 148 valence electrons. The molecule has 0 atom stereocenters. The molecule has 3 rings (SSSR count). The predicted octanol–water partition coefficient (Wildman–Crippen LogP) is 2.83. The number of aryl methyl sites for hydroxylation is 4. The fraction of sp³-hybridized carbons (Fsp3) is 0.312. The summed E-state index contributed by atoms with van der Waals surface area (Å²) >= 11 is 0. The van der Waals surface area contributed by atoms with Crippen LogP contribution in [-0.2, 0) is 20.3 Å². The van der Waals surface area contributed by atoms with Gasteiger partial charge in [-0.2, -0.15) is 32.9 Å². The minimum atomic E-state index is -4.68. The van der Waals surface area contributed by atoms with Crippen LogP contribution in [0.3, 0.4) is 0 Å². The molecule has 0 aliphatic carbocycles. The number of hydrazone groups is 1. The highest BCUT2D eigenvalue weighted by molar-refractivity contribution is 5.81. The van der Waals surface area contributed by atoms with Crippen molar-refractivity contribution in [3.63, 3.8) is 0 Å². The van der Waals surface area contributed by atoms with Gasteiger partial charge in [0.15, 0.2) is 5.69 Å². The molecule has 0 amide bonds. The van der Waals surface area contributed by atoms with E-state index in [1.54, 1.807) is 27.1 Å². The van der Waals surface area contributed by atoms with Crippen LogP contribution in [-0.4, -0.2) is 35.7 Å². The van der Waals surface area contributed by atoms with Gasteiger partial charge < -0.3 is 0 Å². The van der Waals surface area contributed by atoms with E-state index in [9.17, 15) is 17.6 Å². The Morgan fingerprint density at radius 2 is 1.82 bits per heavy atom. The summed E-state index contributed by atoms with van der Waals surface area (Å²) in [7, 11) is 3.07. The largest absolute Gasteiger partial charge is 0.433 e. The average Bonchev–Trinajstić information content (AvgIpc) is 3.06. The van der Waals surface area contributed by atoms with Crippen molar-refractivity contribution in [3.8, 4) is 11.3 Å². The van der Waals surface area contributed by atoms with Gasteiger partial charge in [-0.1, -0.05) is 0 Å². The molecule has 3 aromatic rings. The number of nitrogens with zero attached hydrogens (tertiary/aromatic N) is 7. The summed E-state index contributed by atoms with van der Waals surface area (Å²) < 4.78 is 56.1. The van der Waals surface area contributed by atoms with Crippen LogP contribution < -0.4 is 5.43 Å². The smallest absolute Gasteiger partial charge is 0.275 e. The Hall–Kier alpha value is -3.31. The fourth-order valence-corrected chi connectivity index (χ4v) is 2.58. The number of alkyl halides is 3. The Labute approximate surface area is 156 Å². The lowest BCUT2D eigenvalue weighted by atomic mass is 10.1. The van der Waals surface area contributed by atoms with Crippen LogP contribution in [0, 0.1) is 19.8 Å². The molecule has 1 N–H and O–H groups in total. The summed E-state index contributed by atoms with van der Waals surface area (Å²) in [6.07, 6.45) is -2.02. The fourth-order valence-electron chi connectivity index (χ4n) is 2.58. The molecule has 0 unspecified atom stereocenters. The molecular formula is C16H16F4N8. The van der Waals surface area contributed by atoms with Crippen LogP contribution in [0.5, 0.6) is 0 Å². The summed E-state index contributed by atoms with van der Waals surface area (Å²) in [4.78, 5) is 7.51. The molecule has 8 nitrogen and oxygen atoms in total. The minimum absolute atomic E-state index is 0.0364. The SMILES string of the molecule is Cc1nn(C)cc1-c1cc(C(F)(F)F)nc(N/N=C/c2c(C)nn(C)c2F)n1. The predicted molar refractivity (Wildman–Crippen MR) is 93.1 cm³/mol. The number of hydrogen-bond donors (Lipinski definition) is 1. The number of rotatable bonds is 4. The van der Waals surface area contributed by atoms with Gasteiger partial charge in [-0.3, -0.25) is 4.68 Å². The molecule has 0 aliphatic rings. The molecule has 28 heavy (non-hydrogen) atoms. The molecule has 0 fully saturated rings. The van der Waals surface area contributed by atoms with Crippen LogP contribution in [0.2, 0.25) is 0 Å². The highest BCUT2D eigenvalue weighted by Gasteiger charge is 2.34. The summed E-state index contributed by atoms with van der Waals surface area (Å²) in [5.41, 5.74) is 2.64. The molecular weight excluding hydrogens is 380 g/mol. The van der Waals surface area contributed by atoms with Crippen molar-refractivity contribution in [3.05, 3.63) is 40.9 Å². The van der Waals surface area contributed by atoms with Crippen LogP contribution in [0.25, 0.3) is 11.3 Å². The van der Waals surface area contributed by atoms with Crippen molar-refractivity contribution < 1.29 is 17.6 Å². The van der Waals surface area contributed by atoms with Gasteiger partial charge in [-0.05, 0) is 19.9 Å². The molecule has 12 heteroatoms. The van der Waals surface area contributed by atoms with Gasteiger partial charge in [0, 0.05) is 25.9 Å².